The maximum atomic E-state index is 12.8. The minimum Gasteiger partial charge on any atom is -0.375 e. The molecular weight excluding hydrogens is 247 g/mol. The van der Waals surface area contributed by atoms with Crippen LogP contribution < -0.4 is 5.32 Å². The molecule has 84 valence electrons. The average Bonchev–Trinajstić information content (AvgIpc) is 2.75. The fourth-order valence-electron chi connectivity index (χ4n) is 1.35. The maximum Gasteiger partial charge on any atom is 0.124 e. The molecule has 0 spiro atoms. The molecule has 0 saturated carbocycles. The zero-order valence-corrected chi connectivity index (χ0v) is 10.1. The minimum atomic E-state index is -0.336. The molecule has 5 heteroatoms. The van der Waals surface area contributed by atoms with E-state index in [9.17, 15) is 4.39 Å². The molecule has 1 heterocycles. The first-order valence-electron chi connectivity index (χ1n) is 4.78. The first kappa shape index (κ1) is 11.4. The monoisotopic (exact) mass is 256 g/mol. The van der Waals surface area contributed by atoms with Crippen molar-refractivity contribution in [3.8, 4) is 0 Å². The zero-order chi connectivity index (χ0) is 11.5. The highest BCUT2D eigenvalue weighted by Crippen LogP contribution is 2.27. The molecule has 0 aliphatic carbocycles. The van der Waals surface area contributed by atoms with Crippen LogP contribution in [-0.2, 0) is 0 Å². The van der Waals surface area contributed by atoms with Gasteiger partial charge < -0.3 is 5.32 Å². The van der Waals surface area contributed by atoms with Crippen LogP contribution in [-0.4, -0.2) is 4.98 Å². The molecule has 1 N–H and O–H groups in total. The highest BCUT2D eigenvalue weighted by atomic mass is 35.5. The third-order valence-corrected chi connectivity index (χ3v) is 3.40. The lowest BCUT2D eigenvalue weighted by atomic mass is 10.2. The first-order valence-corrected chi connectivity index (χ1v) is 6.03. The fourth-order valence-corrected chi connectivity index (χ4v) is 2.22. The zero-order valence-electron chi connectivity index (χ0n) is 8.58. The van der Waals surface area contributed by atoms with Gasteiger partial charge in [-0.15, -0.1) is 11.3 Å². The van der Waals surface area contributed by atoms with Gasteiger partial charge in [0.05, 0.1) is 16.8 Å². The van der Waals surface area contributed by atoms with E-state index in [0.29, 0.717) is 10.7 Å². The van der Waals surface area contributed by atoms with E-state index in [1.165, 1.54) is 12.1 Å². The normalized spacial score (nSPS) is 12.4. The van der Waals surface area contributed by atoms with Gasteiger partial charge in [-0.05, 0) is 25.1 Å². The Morgan fingerprint density at radius 3 is 2.94 bits per heavy atom. The Hall–Kier alpha value is -1.13. The second-order valence-corrected chi connectivity index (χ2v) is 4.69. The molecule has 0 amide bonds. The van der Waals surface area contributed by atoms with E-state index in [0.717, 1.165) is 5.01 Å². The molecule has 1 aromatic carbocycles. The van der Waals surface area contributed by atoms with Crippen LogP contribution in [0, 0.1) is 5.82 Å². The summed E-state index contributed by atoms with van der Waals surface area (Å²) in [6, 6.07) is 4.35. The molecule has 2 aromatic rings. The van der Waals surface area contributed by atoms with Crippen LogP contribution in [0.2, 0.25) is 5.02 Å². The van der Waals surface area contributed by atoms with Crippen LogP contribution in [0.25, 0.3) is 0 Å². The van der Waals surface area contributed by atoms with Crippen molar-refractivity contribution in [1.82, 2.24) is 4.98 Å². The number of nitrogens with one attached hydrogen (secondary N) is 1. The Kier molecular flexibility index (Phi) is 3.41. The summed E-state index contributed by atoms with van der Waals surface area (Å²) in [6.07, 6.45) is 1.75. The van der Waals surface area contributed by atoms with Gasteiger partial charge in [0.1, 0.15) is 10.8 Å². The summed E-state index contributed by atoms with van der Waals surface area (Å²) in [7, 11) is 0. The van der Waals surface area contributed by atoms with Gasteiger partial charge in [-0.2, -0.15) is 0 Å². The lowest BCUT2D eigenvalue weighted by Crippen LogP contribution is -2.06. The molecule has 1 unspecified atom stereocenters. The van der Waals surface area contributed by atoms with Crippen molar-refractivity contribution in [3.05, 3.63) is 45.6 Å². The van der Waals surface area contributed by atoms with Gasteiger partial charge in [0.25, 0.3) is 0 Å². The van der Waals surface area contributed by atoms with Gasteiger partial charge in [-0.3, -0.25) is 0 Å². The molecule has 1 aromatic heterocycles. The molecule has 16 heavy (non-hydrogen) atoms. The Morgan fingerprint density at radius 2 is 2.31 bits per heavy atom. The molecule has 0 saturated heterocycles. The van der Waals surface area contributed by atoms with E-state index in [1.807, 2.05) is 12.3 Å². The van der Waals surface area contributed by atoms with Crippen molar-refractivity contribution in [1.29, 1.82) is 0 Å². The van der Waals surface area contributed by atoms with Crippen LogP contribution in [0.1, 0.15) is 18.0 Å². The maximum absolute atomic E-state index is 12.8. The third kappa shape index (κ3) is 2.51. The number of hydrogen-bond donors (Lipinski definition) is 1. The van der Waals surface area contributed by atoms with E-state index >= 15 is 0 Å². The minimum absolute atomic E-state index is 0.0583. The van der Waals surface area contributed by atoms with Crippen LogP contribution in [0.15, 0.2) is 29.8 Å². The predicted octanol–water partition coefficient (Wildman–Crippen LogP) is 4.11. The highest BCUT2D eigenvalue weighted by molar-refractivity contribution is 7.09. The van der Waals surface area contributed by atoms with Crippen molar-refractivity contribution in [3.63, 3.8) is 0 Å². The molecule has 0 aliphatic rings. The van der Waals surface area contributed by atoms with E-state index < -0.39 is 0 Å². The van der Waals surface area contributed by atoms with Crippen LogP contribution in [0.5, 0.6) is 0 Å². The lowest BCUT2D eigenvalue weighted by molar-refractivity contribution is 0.628. The summed E-state index contributed by atoms with van der Waals surface area (Å²) in [4.78, 5) is 4.20. The average molecular weight is 257 g/mol. The van der Waals surface area contributed by atoms with Crippen molar-refractivity contribution in [2.75, 3.05) is 5.32 Å². The highest BCUT2D eigenvalue weighted by Gasteiger charge is 2.09. The summed E-state index contributed by atoms with van der Waals surface area (Å²) in [5.74, 6) is -0.336. The lowest BCUT2D eigenvalue weighted by Gasteiger charge is -2.13. The number of anilines is 1. The molecule has 0 aliphatic heterocycles. The first-order chi connectivity index (χ1) is 7.66. The Bertz CT molecular complexity index is 473. The van der Waals surface area contributed by atoms with Crippen LogP contribution in [0.4, 0.5) is 10.1 Å². The second kappa shape index (κ2) is 4.80. The van der Waals surface area contributed by atoms with Gasteiger partial charge >= 0.3 is 0 Å². The van der Waals surface area contributed by atoms with E-state index in [2.05, 4.69) is 10.3 Å². The number of hydrogen-bond acceptors (Lipinski definition) is 3. The summed E-state index contributed by atoms with van der Waals surface area (Å²) in [6.45, 7) is 1.98. The van der Waals surface area contributed by atoms with Gasteiger partial charge in [0.15, 0.2) is 0 Å². The number of benzene rings is 1. The number of rotatable bonds is 3. The van der Waals surface area contributed by atoms with Gasteiger partial charge in [0.2, 0.25) is 0 Å². The number of nitrogens with zero attached hydrogens (tertiary/aromatic N) is 1. The third-order valence-electron chi connectivity index (χ3n) is 2.12. The Morgan fingerprint density at radius 1 is 1.50 bits per heavy atom. The van der Waals surface area contributed by atoms with Crippen molar-refractivity contribution < 1.29 is 4.39 Å². The summed E-state index contributed by atoms with van der Waals surface area (Å²) < 4.78 is 12.8. The standard InChI is InChI=1S/C11H10ClFN2S/c1-7(11-14-4-5-16-11)15-10-3-2-8(13)6-9(10)12/h2-7,15H,1H3. The Labute approximate surface area is 102 Å². The number of thiazole rings is 1. The number of halogens is 2. The summed E-state index contributed by atoms with van der Waals surface area (Å²) in [5, 5.41) is 6.46. The number of aromatic nitrogens is 1. The fraction of sp³-hybridized carbons (Fsp3) is 0.182. The van der Waals surface area contributed by atoms with Crippen molar-refractivity contribution >= 4 is 28.6 Å². The van der Waals surface area contributed by atoms with E-state index in [-0.39, 0.29) is 11.9 Å². The summed E-state index contributed by atoms with van der Waals surface area (Å²) >= 11 is 7.48. The molecule has 0 bridgehead atoms. The summed E-state index contributed by atoms with van der Waals surface area (Å²) in [5.41, 5.74) is 0.714. The molecular formula is C11H10ClFN2S. The van der Waals surface area contributed by atoms with E-state index in [1.54, 1.807) is 23.6 Å². The van der Waals surface area contributed by atoms with Gasteiger partial charge in [-0.1, -0.05) is 11.6 Å². The van der Waals surface area contributed by atoms with Gasteiger partial charge in [0, 0.05) is 11.6 Å². The van der Waals surface area contributed by atoms with Crippen molar-refractivity contribution in [2.24, 2.45) is 0 Å². The van der Waals surface area contributed by atoms with E-state index in [4.69, 9.17) is 11.6 Å². The van der Waals surface area contributed by atoms with Crippen LogP contribution >= 0.6 is 22.9 Å². The smallest absolute Gasteiger partial charge is 0.124 e. The topological polar surface area (TPSA) is 24.9 Å². The SMILES string of the molecule is CC(Nc1ccc(F)cc1Cl)c1nccs1. The van der Waals surface area contributed by atoms with Gasteiger partial charge in [-0.25, -0.2) is 9.37 Å². The molecule has 1 atom stereocenters. The predicted molar refractivity (Wildman–Crippen MR) is 65.6 cm³/mol. The molecule has 2 nitrogen and oxygen atoms in total. The largest absolute Gasteiger partial charge is 0.375 e. The molecule has 2 rings (SSSR count). The molecule has 0 fully saturated rings. The quantitative estimate of drug-likeness (QED) is 0.894. The molecule has 0 radical (unpaired) electrons. The van der Waals surface area contributed by atoms with Crippen molar-refractivity contribution in [2.45, 2.75) is 13.0 Å². The Balaban J connectivity index is 2.15. The second-order valence-electron chi connectivity index (χ2n) is 3.36. The van der Waals surface area contributed by atoms with Crippen LogP contribution in [0.3, 0.4) is 0 Å².